The molecule has 2 aromatic carbocycles. The van der Waals surface area contributed by atoms with Crippen molar-refractivity contribution in [3.63, 3.8) is 0 Å². The fourth-order valence-corrected chi connectivity index (χ4v) is 2.95. The van der Waals surface area contributed by atoms with Crippen LogP contribution in [0.2, 0.25) is 0 Å². The molecule has 9 nitrogen and oxygen atoms in total. The molecule has 33 heavy (non-hydrogen) atoms. The Bertz CT molecular complexity index is 858. The molecule has 1 atom stereocenters. The minimum absolute atomic E-state index is 0.134. The van der Waals surface area contributed by atoms with Crippen LogP contribution in [0.15, 0.2) is 48.5 Å². The summed E-state index contributed by atoms with van der Waals surface area (Å²) in [5.74, 6) is 1.12. The number of nitrogens with zero attached hydrogens (tertiary/aromatic N) is 1. The minimum Gasteiger partial charge on any atom is -0.493 e. The van der Waals surface area contributed by atoms with Crippen LogP contribution in [-0.4, -0.2) is 62.4 Å². The van der Waals surface area contributed by atoms with Crippen molar-refractivity contribution >= 4 is 34.8 Å². The maximum atomic E-state index is 11.9. The summed E-state index contributed by atoms with van der Waals surface area (Å²) in [4.78, 5) is 28.4. The molecule has 2 rings (SSSR count). The van der Waals surface area contributed by atoms with Crippen LogP contribution in [0.3, 0.4) is 0 Å². The van der Waals surface area contributed by atoms with E-state index in [0.717, 1.165) is 11.3 Å². The molecular formula is C23H28INO8. The molecule has 180 valence electrons. The van der Waals surface area contributed by atoms with Crippen LogP contribution in [0.4, 0.5) is 0 Å². The highest BCUT2D eigenvalue weighted by atomic mass is 127. The molecule has 0 aromatic heterocycles. The number of hydrogen-bond donors (Lipinski definition) is 0. The van der Waals surface area contributed by atoms with Crippen LogP contribution in [0.1, 0.15) is 12.0 Å². The van der Waals surface area contributed by atoms with E-state index < -0.39 is 18.0 Å². The summed E-state index contributed by atoms with van der Waals surface area (Å²) < 4.78 is 27.5. The van der Waals surface area contributed by atoms with Crippen molar-refractivity contribution in [1.82, 2.24) is 3.28 Å². The van der Waals surface area contributed by atoms with E-state index in [-0.39, 0.29) is 6.61 Å². The quantitative estimate of drug-likeness (QED) is 0.111. The number of methoxy groups -OCH3 is 2. The topological polar surface area (TPSA) is 92.8 Å². The van der Waals surface area contributed by atoms with Crippen molar-refractivity contribution in [2.75, 3.05) is 41.1 Å². The Hall–Kier alpha value is -2.57. The Morgan fingerprint density at radius 1 is 0.848 bits per heavy atom. The number of carbonyl (C=O) groups excluding carboxylic acids is 2. The van der Waals surface area contributed by atoms with Gasteiger partial charge in [0.15, 0.2) is 12.7 Å². The third-order valence-electron chi connectivity index (χ3n) is 4.32. The first-order chi connectivity index (χ1) is 15.9. The van der Waals surface area contributed by atoms with E-state index in [0.29, 0.717) is 37.6 Å². The first-order valence-electron chi connectivity index (χ1n) is 10.2. The molecule has 0 saturated carbocycles. The molecule has 0 unspecified atom stereocenters. The van der Waals surface area contributed by atoms with E-state index >= 15 is 0 Å². The summed E-state index contributed by atoms with van der Waals surface area (Å²) in [6, 6.07) is 14.5. The van der Waals surface area contributed by atoms with Gasteiger partial charge in [-0.15, -0.1) is 3.28 Å². The van der Waals surface area contributed by atoms with E-state index in [1.165, 1.54) is 17.5 Å². The van der Waals surface area contributed by atoms with Crippen molar-refractivity contribution in [2.45, 2.75) is 18.9 Å². The second-order valence-corrected chi connectivity index (χ2v) is 8.13. The third kappa shape index (κ3) is 10.3. The number of carbonyl (C=O) groups is 2. The van der Waals surface area contributed by atoms with Gasteiger partial charge in [0, 0.05) is 42.8 Å². The summed E-state index contributed by atoms with van der Waals surface area (Å²) in [6.07, 6.45) is 0.373. The monoisotopic (exact) mass is 573 g/mol. The molecule has 0 aliphatic carbocycles. The predicted molar refractivity (Wildman–Crippen MR) is 128 cm³/mol. The zero-order valence-corrected chi connectivity index (χ0v) is 21.0. The fraction of sp³-hybridized carbons (Fsp3) is 0.391. The van der Waals surface area contributed by atoms with Crippen molar-refractivity contribution in [3.8, 4) is 17.2 Å². The van der Waals surface area contributed by atoms with Crippen LogP contribution in [-0.2, 0) is 30.3 Å². The highest BCUT2D eigenvalue weighted by Crippen LogP contribution is 2.18. The maximum absolute atomic E-state index is 11.9. The van der Waals surface area contributed by atoms with Crippen LogP contribution < -0.4 is 14.2 Å². The molecule has 0 fully saturated rings. The molecule has 10 heteroatoms. The molecule has 0 N–H and O–H groups in total. The summed E-state index contributed by atoms with van der Waals surface area (Å²) in [5.41, 5.74) is 0.929. The van der Waals surface area contributed by atoms with E-state index in [1.807, 2.05) is 47.1 Å². The zero-order valence-electron chi connectivity index (χ0n) is 18.8. The predicted octanol–water partition coefficient (Wildman–Crippen LogP) is 3.38. The highest BCUT2D eigenvalue weighted by Gasteiger charge is 2.22. The van der Waals surface area contributed by atoms with E-state index in [9.17, 15) is 9.59 Å². The van der Waals surface area contributed by atoms with Crippen molar-refractivity contribution in [2.24, 2.45) is 0 Å². The van der Waals surface area contributed by atoms with E-state index in [4.69, 9.17) is 23.8 Å². The first-order valence-corrected chi connectivity index (χ1v) is 11.2. The van der Waals surface area contributed by atoms with Gasteiger partial charge in [-0.25, -0.2) is 9.59 Å². The largest absolute Gasteiger partial charge is 0.493 e. The number of rotatable bonds is 14. The Kier molecular flexibility index (Phi) is 11.8. The number of esters is 2. The van der Waals surface area contributed by atoms with Gasteiger partial charge in [-0.3, -0.25) is 4.84 Å². The lowest BCUT2D eigenvalue weighted by Gasteiger charge is -2.18. The van der Waals surface area contributed by atoms with Gasteiger partial charge >= 0.3 is 11.9 Å². The summed E-state index contributed by atoms with van der Waals surface area (Å²) >= 11 is 1.94. The van der Waals surface area contributed by atoms with Gasteiger partial charge in [0.25, 0.3) is 0 Å². The molecule has 0 radical (unpaired) electrons. The Balaban J connectivity index is 1.69. The summed E-state index contributed by atoms with van der Waals surface area (Å²) in [5, 5.41) is 0. The van der Waals surface area contributed by atoms with Gasteiger partial charge < -0.3 is 23.7 Å². The van der Waals surface area contributed by atoms with Crippen LogP contribution in [0.25, 0.3) is 0 Å². The third-order valence-corrected chi connectivity index (χ3v) is 4.54. The zero-order chi connectivity index (χ0) is 24.1. The fourth-order valence-electron chi connectivity index (χ4n) is 2.68. The number of hydroxylamine groups is 1. The lowest BCUT2D eigenvalue weighted by Crippen LogP contribution is -2.31. The van der Waals surface area contributed by atoms with Crippen LogP contribution in [0, 0.1) is 0 Å². The second kappa shape index (κ2) is 14.6. The average molecular weight is 573 g/mol. The molecule has 0 spiro atoms. The number of halogens is 1. The number of benzene rings is 2. The highest BCUT2D eigenvalue weighted by molar-refractivity contribution is 14.1. The van der Waals surface area contributed by atoms with Crippen LogP contribution in [0.5, 0.6) is 17.2 Å². The number of hydrogen-bond acceptors (Lipinski definition) is 9. The molecular weight excluding hydrogens is 545 g/mol. The second-order valence-electron chi connectivity index (χ2n) is 6.77. The molecule has 0 bridgehead atoms. The van der Waals surface area contributed by atoms with Crippen LogP contribution >= 0.6 is 22.9 Å². The Morgan fingerprint density at radius 3 is 1.85 bits per heavy atom. The van der Waals surface area contributed by atoms with Crippen molar-refractivity contribution in [3.05, 3.63) is 54.1 Å². The van der Waals surface area contributed by atoms with Gasteiger partial charge in [0.05, 0.1) is 27.4 Å². The summed E-state index contributed by atoms with van der Waals surface area (Å²) in [6.45, 7) is 0.847. The molecule has 0 aliphatic rings. The van der Waals surface area contributed by atoms with E-state index in [2.05, 4.69) is 4.74 Å². The lowest BCUT2D eigenvalue weighted by molar-refractivity contribution is -0.169. The van der Waals surface area contributed by atoms with Gasteiger partial charge in [-0.2, -0.15) is 0 Å². The molecule has 0 heterocycles. The molecule has 0 amide bonds. The van der Waals surface area contributed by atoms with Gasteiger partial charge in [-0.1, -0.05) is 12.1 Å². The average Bonchev–Trinajstić information content (AvgIpc) is 2.82. The Morgan fingerprint density at radius 2 is 1.36 bits per heavy atom. The lowest BCUT2D eigenvalue weighted by atomic mass is 10.1. The molecule has 0 aliphatic heterocycles. The SMILES string of the molecule is COC(=O)COc1ccc(OCCCOc2ccc(C[C@H](ON(C)I)C(=O)OC)cc2)cc1. The maximum Gasteiger partial charge on any atom is 0.343 e. The Labute approximate surface area is 207 Å². The van der Waals surface area contributed by atoms with Crippen molar-refractivity contribution in [1.29, 1.82) is 0 Å². The minimum atomic E-state index is -0.714. The van der Waals surface area contributed by atoms with Gasteiger partial charge in [0.1, 0.15) is 17.2 Å². The normalized spacial score (nSPS) is 11.5. The number of ether oxygens (including phenoxy) is 5. The van der Waals surface area contributed by atoms with Gasteiger partial charge in [0.2, 0.25) is 0 Å². The smallest absolute Gasteiger partial charge is 0.343 e. The van der Waals surface area contributed by atoms with Gasteiger partial charge in [-0.05, 0) is 42.0 Å². The molecule has 2 aromatic rings. The van der Waals surface area contributed by atoms with E-state index in [1.54, 1.807) is 31.3 Å². The van der Waals surface area contributed by atoms with Crippen molar-refractivity contribution < 1.29 is 38.1 Å². The first kappa shape index (κ1) is 26.7. The summed E-state index contributed by atoms with van der Waals surface area (Å²) in [7, 11) is 4.35. The molecule has 0 saturated heterocycles. The standard InChI is InChI=1S/C23H28INO8/c1-25(24)33-21(23(27)29-3)15-17-5-7-18(8-6-17)30-13-4-14-31-19-9-11-20(12-10-19)32-16-22(26)28-2/h5-12,21H,4,13-16H2,1-3H3/t21-/m0/s1.